The van der Waals surface area contributed by atoms with E-state index in [2.05, 4.69) is 33.8 Å². The van der Waals surface area contributed by atoms with E-state index in [1.165, 1.54) is 0 Å². The van der Waals surface area contributed by atoms with Crippen LogP contribution in [0.15, 0.2) is 36.7 Å². The number of benzene rings is 1. The number of aromatic nitrogens is 4. The molecule has 6 heteroatoms. The van der Waals surface area contributed by atoms with Gasteiger partial charge in [-0.15, -0.1) is 0 Å². The van der Waals surface area contributed by atoms with Gasteiger partial charge in [0.25, 0.3) is 0 Å². The molecular weight excluding hydrogens is 282 g/mol. The number of hydrogen-bond donors (Lipinski definition) is 1. The zero-order valence-corrected chi connectivity index (χ0v) is 12.7. The van der Waals surface area contributed by atoms with E-state index in [9.17, 15) is 0 Å². The van der Waals surface area contributed by atoms with Crippen LogP contribution in [0.3, 0.4) is 0 Å². The van der Waals surface area contributed by atoms with Crippen molar-refractivity contribution in [1.29, 1.82) is 0 Å². The van der Waals surface area contributed by atoms with Gasteiger partial charge in [-0.1, -0.05) is 24.4 Å². The van der Waals surface area contributed by atoms with Gasteiger partial charge in [-0.3, -0.25) is 4.68 Å². The molecule has 0 amide bonds. The van der Waals surface area contributed by atoms with E-state index in [0.717, 1.165) is 35.5 Å². The molecule has 108 valence electrons. The molecule has 2 heterocycles. The Bertz CT molecular complexity index is 786. The lowest BCUT2D eigenvalue weighted by Gasteiger charge is -2.07. The first-order valence-electron chi connectivity index (χ1n) is 6.91. The first-order valence-corrected chi connectivity index (χ1v) is 7.32. The summed E-state index contributed by atoms with van der Waals surface area (Å²) in [6.07, 6.45) is 4.45. The predicted octanol–water partition coefficient (Wildman–Crippen LogP) is 2.13. The minimum absolute atomic E-state index is 0.454. The van der Waals surface area contributed by atoms with E-state index in [0.29, 0.717) is 11.4 Å². The summed E-state index contributed by atoms with van der Waals surface area (Å²) in [6, 6.07) is 8.07. The fourth-order valence-electron chi connectivity index (χ4n) is 2.44. The Labute approximate surface area is 128 Å². The standard InChI is InChI=1S/C15H17N5S/c1-2-19-9-11(8-17-19)10-20-13-6-4-3-5-12(13)18-15(20)7-14(16)21/h3-6,8-9H,2,7,10H2,1H3,(H2,16,21). The summed E-state index contributed by atoms with van der Waals surface area (Å²) in [4.78, 5) is 5.10. The summed E-state index contributed by atoms with van der Waals surface area (Å²) >= 11 is 5.04. The SMILES string of the molecule is CCn1cc(Cn2c(CC(N)=S)nc3ccccc32)cn1. The number of aryl methyl sites for hydroxylation is 1. The molecule has 0 aliphatic rings. The molecule has 0 saturated heterocycles. The summed E-state index contributed by atoms with van der Waals surface area (Å²) in [5.74, 6) is 0.896. The monoisotopic (exact) mass is 299 g/mol. The molecule has 2 N–H and O–H groups in total. The minimum atomic E-state index is 0.454. The fraction of sp³-hybridized carbons (Fsp3) is 0.267. The Morgan fingerprint density at radius 2 is 2.14 bits per heavy atom. The van der Waals surface area contributed by atoms with E-state index in [-0.39, 0.29) is 0 Å². The van der Waals surface area contributed by atoms with E-state index in [1.807, 2.05) is 29.1 Å². The molecule has 21 heavy (non-hydrogen) atoms. The second-order valence-corrected chi connectivity index (χ2v) is 5.47. The highest BCUT2D eigenvalue weighted by molar-refractivity contribution is 7.80. The Hall–Kier alpha value is -2.21. The lowest BCUT2D eigenvalue weighted by atomic mass is 10.3. The van der Waals surface area contributed by atoms with Crippen molar-refractivity contribution in [3.63, 3.8) is 0 Å². The minimum Gasteiger partial charge on any atom is -0.393 e. The molecule has 0 unspecified atom stereocenters. The fourth-order valence-corrected chi connectivity index (χ4v) is 2.57. The third-order valence-electron chi connectivity index (χ3n) is 3.42. The highest BCUT2D eigenvalue weighted by Gasteiger charge is 2.12. The van der Waals surface area contributed by atoms with Crippen molar-refractivity contribution in [3.05, 3.63) is 48.0 Å². The van der Waals surface area contributed by atoms with Crippen molar-refractivity contribution < 1.29 is 0 Å². The summed E-state index contributed by atoms with van der Waals surface area (Å²) in [5, 5.41) is 4.32. The van der Waals surface area contributed by atoms with Crippen LogP contribution in [0.25, 0.3) is 11.0 Å². The zero-order valence-electron chi connectivity index (χ0n) is 11.9. The van der Waals surface area contributed by atoms with Gasteiger partial charge in [0.15, 0.2) is 0 Å². The molecular formula is C15H17N5S. The second-order valence-electron chi connectivity index (χ2n) is 4.95. The summed E-state index contributed by atoms with van der Waals surface area (Å²) in [5.41, 5.74) is 8.89. The smallest absolute Gasteiger partial charge is 0.116 e. The molecule has 0 aliphatic heterocycles. The molecule has 0 fully saturated rings. The Balaban J connectivity index is 2.03. The molecule has 0 spiro atoms. The van der Waals surface area contributed by atoms with E-state index >= 15 is 0 Å². The first kappa shape index (κ1) is 13.8. The van der Waals surface area contributed by atoms with E-state index in [4.69, 9.17) is 18.0 Å². The zero-order chi connectivity index (χ0) is 14.8. The molecule has 2 aromatic heterocycles. The molecule has 3 rings (SSSR count). The average molecular weight is 299 g/mol. The van der Waals surface area contributed by atoms with Crippen molar-refractivity contribution in [3.8, 4) is 0 Å². The molecule has 0 saturated carbocycles. The topological polar surface area (TPSA) is 61.7 Å². The van der Waals surface area contributed by atoms with Crippen LogP contribution < -0.4 is 5.73 Å². The van der Waals surface area contributed by atoms with Crippen molar-refractivity contribution in [2.24, 2.45) is 5.73 Å². The normalized spacial score (nSPS) is 11.1. The van der Waals surface area contributed by atoms with E-state index < -0.39 is 0 Å². The first-order chi connectivity index (χ1) is 10.2. The van der Waals surface area contributed by atoms with Crippen LogP contribution in [0.4, 0.5) is 0 Å². The molecule has 0 bridgehead atoms. The quantitative estimate of drug-likeness (QED) is 0.733. The van der Waals surface area contributed by atoms with Gasteiger partial charge in [0, 0.05) is 18.3 Å². The summed E-state index contributed by atoms with van der Waals surface area (Å²) in [7, 11) is 0. The summed E-state index contributed by atoms with van der Waals surface area (Å²) < 4.78 is 4.08. The summed E-state index contributed by atoms with van der Waals surface area (Å²) in [6.45, 7) is 3.66. The predicted molar refractivity (Wildman–Crippen MR) is 87.2 cm³/mol. The molecule has 1 aromatic carbocycles. The highest BCUT2D eigenvalue weighted by atomic mass is 32.1. The number of hydrogen-bond acceptors (Lipinski definition) is 3. The van der Waals surface area contributed by atoms with Crippen LogP contribution in [0.1, 0.15) is 18.3 Å². The molecule has 0 atom stereocenters. The van der Waals surface area contributed by atoms with Gasteiger partial charge in [-0.25, -0.2) is 4.98 Å². The van der Waals surface area contributed by atoms with Crippen LogP contribution in [0.5, 0.6) is 0 Å². The van der Waals surface area contributed by atoms with Crippen LogP contribution in [0, 0.1) is 0 Å². The highest BCUT2D eigenvalue weighted by Crippen LogP contribution is 2.18. The molecule has 0 aliphatic carbocycles. The van der Waals surface area contributed by atoms with Gasteiger partial charge in [0.1, 0.15) is 5.82 Å². The van der Waals surface area contributed by atoms with Gasteiger partial charge in [-0.05, 0) is 19.1 Å². The van der Waals surface area contributed by atoms with Gasteiger partial charge < -0.3 is 10.3 Å². The van der Waals surface area contributed by atoms with Gasteiger partial charge in [0.2, 0.25) is 0 Å². The number of imidazole rings is 1. The van der Waals surface area contributed by atoms with Crippen LogP contribution in [0.2, 0.25) is 0 Å². The lowest BCUT2D eigenvalue weighted by molar-refractivity contribution is 0.658. The molecule has 5 nitrogen and oxygen atoms in total. The van der Waals surface area contributed by atoms with E-state index in [1.54, 1.807) is 0 Å². The third-order valence-corrected chi connectivity index (χ3v) is 3.56. The third kappa shape index (κ3) is 2.80. The number of fused-ring (bicyclic) bond motifs is 1. The maximum atomic E-state index is 5.70. The van der Waals surface area contributed by atoms with Crippen molar-refractivity contribution in [2.75, 3.05) is 0 Å². The van der Waals surface area contributed by atoms with Gasteiger partial charge in [-0.2, -0.15) is 5.10 Å². The molecule has 3 aromatic rings. The Morgan fingerprint density at radius 1 is 1.33 bits per heavy atom. The van der Waals surface area contributed by atoms with Crippen LogP contribution in [-0.2, 0) is 19.5 Å². The number of para-hydroxylation sites is 2. The number of nitrogens with two attached hydrogens (primary N) is 1. The maximum absolute atomic E-state index is 5.70. The van der Waals surface area contributed by atoms with Crippen molar-refractivity contribution >= 4 is 28.2 Å². The molecule has 0 radical (unpaired) electrons. The van der Waals surface area contributed by atoms with Crippen molar-refractivity contribution in [1.82, 2.24) is 19.3 Å². The lowest BCUT2D eigenvalue weighted by Crippen LogP contribution is -2.15. The average Bonchev–Trinajstić information content (AvgIpc) is 3.04. The Morgan fingerprint density at radius 3 is 2.86 bits per heavy atom. The largest absolute Gasteiger partial charge is 0.393 e. The number of rotatable bonds is 5. The Kier molecular flexibility index (Phi) is 3.70. The van der Waals surface area contributed by atoms with Crippen LogP contribution >= 0.6 is 12.2 Å². The second kappa shape index (κ2) is 5.65. The van der Waals surface area contributed by atoms with Gasteiger partial charge >= 0.3 is 0 Å². The van der Waals surface area contributed by atoms with Crippen molar-refractivity contribution in [2.45, 2.75) is 26.4 Å². The maximum Gasteiger partial charge on any atom is 0.116 e. The van der Waals surface area contributed by atoms with Crippen LogP contribution in [-0.4, -0.2) is 24.3 Å². The van der Waals surface area contributed by atoms with Gasteiger partial charge in [0.05, 0.1) is 35.2 Å². The number of nitrogens with zero attached hydrogens (tertiary/aromatic N) is 4. The number of thiocarbonyl (C=S) groups is 1.